The number of carboxylic acid groups (broad SMARTS) is 1. The maximum absolute atomic E-state index is 13.1. The Labute approximate surface area is 198 Å². The molecule has 14 heteroatoms. The number of amidine groups is 1. The minimum absolute atomic E-state index is 0.149. The highest BCUT2D eigenvalue weighted by atomic mass is 32.2. The Hall–Kier alpha value is -2.75. The quantitative estimate of drug-likeness (QED) is 0.188. The summed E-state index contributed by atoms with van der Waals surface area (Å²) in [5.41, 5.74) is 8.19. The second-order valence-corrected chi connectivity index (χ2v) is 9.36. The minimum atomic E-state index is -1.78. The van der Waals surface area contributed by atoms with Crippen molar-refractivity contribution in [1.82, 2.24) is 5.32 Å². The molecule has 2 aliphatic heterocycles. The highest BCUT2D eigenvalue weighted by molar-refractivity contribution is 8.02. The first-order valence-electron chi connectivity index (χ1n) is 10.3. The standard InChI is InChI=1S/C20H27N5O8S/c1-8-3-11-12(4-9(8)2)25(5-13(27)15(29)14(28)6-26)17-20(24-11,18(32)23-19(33)22-17)34-7-10(21)16(30)31/h3-4,10,13-15,24,26-29H,5-7,21H2,1-2H3,(H,30,31)(H,23,32,33)/t10-,13-,14+,15-,20-/m0/s1. The summed E-state index contributed by atoms with van der Waals surface area (Å²) in [4.78, 5) is 40.1. The van der Waals surface area contributed by atoms with E-state index in [-0.39, 0.29) is 11.6 Å². The molecule has 5 atom stereocenters. The third-order valence-corrected chi connectivity index (χ3v) is 7.10. The number of carbonyl (C=O) groups excluding carboxylic acids is 2. The van der Waals surface area contributed by atoms with E-state index in [1.807, 2.05) is 13.8 Å². The van der Waals surface area contributed by atoms with E-state index in [2.05, 4.69) is 15.6 Å². The monoisotopic (exact) mass is 497 g/mol. The van der Waals surface area contributed by atoms with E-state index < -0.39 is 60.3 Å². The lowest BCUT2D eigenvalue weighted by Crippen LogP contribution is -2.68. The number of aliphatic hydroxyl groups excluding tert-OH is 4. The van der Waals surface area contributed by atoms with Gasteiger partial charge in [-0.05, 0) is 37.1 Å². The van der Waals surface area contributed by atoms with Gasteiger partial charge >= 0.3 is 12.0 Å². The number of thioether (sulfide) groups is 1. The Balaban J connectivity index is 2.14. The van der Waals surface area contributed by atoms with Gasteiger partial charge in [-0.2, -0.15) is 4.99 Å². The van der Waals surface area contributed by atoms with Crippen molar-refractivity contribution < 1.29 is 39.9 Å². The molecule has 0 aliphatic carbocycles. The van der Waals surface area contributed by atoms with Gasteiger partial charge < -0.3 is 41.5 Å². The van der Waals surface area contributed by atoms with Crippen molar-refractivity contribution in [3.8, 4) is 0 Å². The van der Waals surface area contributed by atoms with Crippen LogP contribution in [0.3, 0.4) is 0 Å². The lowest BCUT2D eigenvalue weighted by atomic mass is 9.99. The summed E-state index contributed by atoms with van der Waals surface area (Å²) < 4.78 is 0. The summed E-state index contributed by atoms with van der Waals surface area (Å²) in [7, 11) is 0. The lowest BCUT2D eigenvalue weighted by Gasteiger charge is -2.47. The molecule has 2 heterocycles. The van der Waals surface area contributed by atoms with Gasteiger partial charge in [0.1, 0.15) is 24.4 Å². The average Bonchev–Trinajstić information content (AvgIpc) is 2.78. The number of hydrogen-bond acceptors (Lipinski definition) is 11. The summed E-state index contributed by atoms with van der Waals surface area (Å²) in [5.74, 6) is -2.48. The second-order valence-electron chi connectivity index (χ2n) is 8.13. The normalized spacial score (nSPS) is 23.0. The topological polar surface area (TPSA) is 218 Å². The van der Waals surface area contributed by atoms with Crippen LogP contribution in [0.4, 0.5) is 16.2 Å². The van der Waals surface area contributed by atoms with Gasteiger partial charge in [-0.25, -0.2) is 4.79 Å². The number of nitrogens with one attached hydrogen (secondary N) is 2. The summed E-state index contributed by atoms with van der Waals surface area (Å²) >= 11 is 0.812. The van der Waals surface area contributed by atoms with Gasteiger partial charge in [-0.3, -0.25) is 14.9 Å². The highest BCUT2D eigenvalue weighted by Crippen LogP contribution is 2.44. The number of carbonyl (C=O) groups is 3. The third-order valence-electron chi connectivity index (χ3n) is 5.67. The van der Waals surface area contributed by atoms with Crippen LogP contribution in [0.5, 0.6) is 0 Å². The van der Waals surface area contributed by atoms with E-state index >= 15 is 0 Å². The molecule has 0 aromatic heterocycles. The van der Waals surface area contributed by atoms with Crippen LogP contribution < -0.4 is 21.3 Å². The number of benzene rings is 1. The molecular formula is C20H27N5O8S. The van der Waals surface area contributed by atoms with Crippen LogP contribution in [-0.4, -0.2) is 97.4 Å². The van der Waals surface area contributed by atoms with Crippen molar-refractivity contribution in [3.05, 3.63) is 23.3 Å². The number of anilines is 2. The SMILES string of the molecule is Cc1cc2c(cc1C)N(C[C@H](O)[C@H](O)[C@H](O)CO)C1=NC(=O)NC(=O)[C@]1(SC[C@H](N)C(=O)O)N2. The van der Waals surface area contributed by atoms with E-state index in [4.69, 9.17) is 10.8 Å². The summed E-state index contributed by atoms with van der Waals surface area (Å²) in [5, 5.41) is 54.0. The van der Waals surface area contributed by atoms with Crippen molar-refractivity contribution >= 4 is 46.9 Å². The Morgan fingerprint density at radius 3 is 2.47 bits per heavy atom. The number of aliphatic imine (C=N–C) groups is 1. The van der Waals surface area contributed by atoms with Crippen molar-refractivity contribution in [2.75, 3.05) is 29.1 Å². The van der Waals surface area contributed by atoms with Gasteiger partial charge in [0.15, 0.2) is 5.84 Å². The molecule has 1 aromatic rings. The van der Waals surface area contributed by atoms with Crippen molar-refractivity contribution in [1.29, 1.82) is 0 Å². The van der Waals surface area contributed by atoms with Gasteiger partial charge in [-0.15, -0.1) is 11.8 Å². The number of aliphatic carboxylic acids is 1. The lowest BCUT2D eigenvalue weighted by molar-refractivity contribution is -0.138. The Bertz CT molecular complexity index is 1040. The smallest absolute Gasteiger partial charge is 0.349 e. The Morgan fingerprint density at radius 2 is 1.85 bits per heavy atom. The first-order chi connectivity index (χ1) is 15.9. The summed E-state index contributed by atoms with van der Waals surface area (Å²) in [6, 6.07) is 1.18. The zero-order valence-electron chi connectivity index (χ0n) is 18.4. The molecule has 0 saturated carbocycles. The van der Waals surface area contributed by atoms with Crippen LogP contribution in [0.2, 0.25) is 0 Å². The van der Waals surface area contributed by atoms with E-state index in [9.17, 15) is 34.8 Å². The highest BCUT2D eigenvalue weighted by Gasteiger charge is 2.54. The number of carboxylic acids is 1. The molecular weight excluding hydrogens is 470 g/mol. The molecule has 0 saturated heterocycles. The fourth-order valence-electron chi connectivity index (χ4n) is 3.58. The second kappa shape index (κ2) is 9.85. The van der Waals surface area contributed by atoms with Crippen LogP contribution in [0, 0.1) is 13.8 Å². The van der Waals surface area contributed by atoms with Crippen LogP contribution in [0.15, 0.2) is 17.1 Å². The zero-order valence-corrected chi connectivity index (χ0v) is 19.2. The Kier molecular flexibility index (Phi) is 7.50. The largest absolute Gasteiger partial charge is 0.480 e. The van der Waals surface area contributed by atoms with E-state index in [0.717, 1.165) is 22.9 Å². The van der Waals surface area contributed by atoms with Gasteiger partial charge in [0, 0.05) is 5.75 Å². The maximum Gasteiger partial charge on any atom is 0.349 e. The molecule has 186 valence electrons. The van der Waals surface area contributed by atoms with Crippen molar-refractivity contribution in [2.24, 2.45) is 10.7 Å². The number of hydrogen-bond donors (Lipinski definition) is 8. The van der Waals surface area contributed by atoms with Gasteiger partial charge in [0.05, 0.1) is 24.5 Å². The number of aryl methyl sites for hydroxylation is 2. The Morgan fingerprint density at radius 1 is 1.21 bits per heavy atom. The first-order valence-corrected chi connectivity index (χ1v) is 11.3. The van der Waals surface area contributed by atoms with Gasteiger partial charge in [0.25, 0.3) is 5.91 Å². The molecule has 3 rings (SSSR count). The molecule has 13 nitrogen and oxygen atoms in total. The molecule has 2 aliphatic rings. The van der Waals surface area contributed by atoms with Crippen LogP contribution in [0.25, 0.3) is 0 Å². The zero-order chi connectivity index (χ0) is 25.4. The number of urea groups is 1. The number of fused-ring (bicyclic) bond motifs is 2. The predicted octanol–water partition coefficient (Wildman–Crippen LogP) is -1.90. The van der Waals surface area contributed by atoms with Crippen LogP contribution >= 0.6 is 11.8 Å². The van der Waals surface area contributed by atoms with Crippen LogP contribution in [0.1, 0.15) is 11.1 Å². The first kappa shape index (κ1) is 25.9. The number of rotatable bonds is 9. The predicted molar refractivity (Wildman–Crippen MR) is 124 cm³/mol. The molecule has 3 amide bonds. The number of nitrogens with two attached hydrogens (primary N) is 1. The molecule has 1 aromatic carbocycles. The van der Waals surface area contributed by atoms with E-state index in [0.29, 0.717) is 11.4 Å². The molecule has 0 unspecified atom stereocenters. The number of imide groups is 1. The summed E-state index contributed by atoms with van der Waals surface area (Å²) in [6.45, 7) is 2.45. The van der Waals surface area contributed by atoms with Gasteiger partial charge in [0.2, 0.25) is 4.87 Å². The molecule has 0 spiro atoms. The maximum atomic E-state index is 13.1. The molecule has 0 radical (unpaired) electrons. The van der Waals surface area contributed by atoms with E-state index in [1.165, 1.54) is 4.90 Å². The van der Waals surface area contributed by atoms with E-state index in [1.54, 1.807) is 12.1 Å². The molecule has 9 N–H and O–H groups in total. The number of nitrogens with zero attached hydrogens (tertiary/aromatic N) is 2. The van der Waals surface area contributed by atoms with Crippen molar-refractivity contribution in [2.45, 2.75) is 43.1 Å². The van der Waals surface area contributed by atoms with Gasteiger partial charge in [-0.1, -0.05) is 0 Å². The minimum Gasteiger partial charge on any atom is -0.480 e. The van der Waals surface area contributed by atoms with Crippen molar-refractivity contribution in [3.63, 3.8) is 0 Å². The molecule has 34 heavy (non-hydrogen) atoms. The number of β-amino-alcohol motifs (C(OH)–C–C–N with tert-alkyl or cyclic N) is 1. The molecule has 0 bridgehead atoms. The van der Waals surface area contributed by atoms with Crippen LogP contribution in [-0.2, 0) is 9.59 Å². The molecule has 0 fully saturated rings. The third kappa shape index (κ3) is 4.73. The fourth-order valence-corrected chi connectivity index (χ4v) is 4.80. The number of amides is 3. The fraction of sp³-hybridized carbons (Fsp3) is 0.500. The number of aliphatic hydroxyl groups is 4. The average molecular weight is 498 g/mol. The summed E-state index contributed by atoms with van der Waals surface area (Å²) in [6.07, 6.45) is -5.00.